The average Bonchev–Trinajstić information content (AvgIpc) is 3.45. The molecular formula is C23H22N2O6S2. The van der Waals surface area contributed by atoms with Crippen LogP contribution in [-0.2, 0) is 9.53 Å². The number of esters is 1. The number of allylic oxidation sites excluding steroid dienone is 1. The molecule has 1 aliphatic rings. The Morgan fingerprint density at radius 2 is 1.82 bits per heavy atom. The second kappa shape index (κ2) is 9.24. The van der Waals surface area contributed by atoms with Crippen LogP contribution in [0.5, 0.6) is 17.2 Å². The Morgan fingerprint density at radius 1 is 1.12 bits per heavy atom. The molecule has 172 valence electrons. The zero-order chi connectivity index (χ0) is 23.7. The van der Waals surface area contributed by atoms with Crippen LogP contribution >= 0.6 is 22.7 Å². The molecule has 33 heavy (non-hydrogen) atoms. The lowest BCUT2D eigenvalue weighted by atomic mass is 10.0. The topological polar surface area (TPSA) is 88.4 Å². The summed E-state index contributed by atoms with van der Waals surface area (Å²) in [7, 11) is 5.92. The van der Waals surface area contributed by atoms with E-state index >= 15 is 0 Å². The predicted molar refractivity (Wildman–Crippen MR) is 126 cm³/mol. The first-order valence-corrected chi connectivity index (χ1v) is 11.6. The third kappa shape index (κ3) is 3.96. The molecule has 1 aromatic carbocycles. The normalized spacial score (nSPS) is 15.7. The molecule has 0 radical (unpaired) electrons. The Balaban J connectivity index is 1.94. The molecule has 8 nitrogen and oxygen atoms in total. The van der Waals surface area contributed by atoms with Crippen molar-refractivity contribution in [1.82, 2.24) is 4.57 Å². The number of methoxy groups -OCH3 is 4. The number of thiophene rings is 1. The number of carbonyl (C=O) groups excluding carboxylic acids is 1. The molecule has 0 unspecified atom stereocenters. The summed E-state index contributed by atoms with van der Waals surface area (Å²) in [6.07, 6.45) is 1.75. The SMILES string of the molecule is COC(=O)C1=C(C)N=c2s/c(=C/c3cc(OC)c(OC)c(OC)c3)c(=O)n2[C@@H]1c1cccs1. The van der Waals surface area contributed by atoms with Crippen molar-refractivity contribution in [2.45, 2.75) is 13.0 Å². The van der Waals surface area contributed by atoms with Crippen molar-refractivity contribution in [3.05, 3.63) is 71.0 Å². The smallest absolute Gasteiger partial charge is 0.338 e. The van der Waals surface area contributed by atoms with Crippen molar-refractivity contribution >= 4 is 34.7 Å². The number of ether oxygens (including phenoxy) is 4. The largest absolute Gasteiger partial charge is 0.493 e. The molecule has 0 fully saturated rings. The minimum atomic E-state index is -0.601. The van der Waals surface area contributed by atoms with E-state index in [0.717, 1.165) is 4.88 Å². The number of nitrogens with zero attached hydrogens (tertiary/aromatic N) is 2. The maximum atomic E-state index is 13.5. The summed E-state index contributed by atoms with van der Waals surface area (Å²) in [5, 5.41) is 1.91. The van der Waals surface area contributed by atoms with Gasteiger partial charge in [0.1, 0.15) is 6.04 Å². The first-order chi connectivity index (χ1) is 15.9. The molecular weight excluding hydrogens is 464 g/mol. The van der Waals surface area contributed by atoms with Gasteiger partial charge in [-0.05, 0) is 42.1 Å². The molecule has 1 atom stereocenters. The minimum Gasteiger partial charge on any atom is -0.493 e. The van der Waals surface area contributed by atoms with Gasteiger partial charge in [0.2, 0.25) is 5.75 Å². The van der Waals surface area contributed by atoms with E-state index in [1.165, 1.54) is 51.1 Å². The number of carbonyl (C=O) groups is 1. The summed E-state index contributed by atoms with van der Waals surface area (Å²) < 4.78 is 23.2. The van der Waals surface area contributed by atoms with Crippen molar-refractivity contribution in [2.24, 2.45) is 4.99 Å². The molecule has 0 saturated carbocycles. The quantitative estimate of drug-likeness (QED) is 0.498. The van der Waals surface area contributed by atoms with Crippen LogP contribution in [0, 0.1) is 0 Å². The van der Waals surface area contributed by atoms with Crippen LogP contribution < -0.4 is 29.1 Å². The molecule has 0 aliphatic carbocycles. The van der Waals surface area contributed by atoms with Gasteiger partial charge in [0.25, 0.3) is 5.56 Å². The van der Waals surface area contributed by atoms with Crippen LogP contribution in [-0.4, -0.2) is 39.0 Å². The van der Waals surface area contributed by atoms with Crippen molar-refractivity contribution < 1.29 is 23.7 Å². The van der Waals surface area contributed by atoms with E-state index < -0.39 is 12.0 Å². The number of hydrogen-bond acceptors (Lipinski definition) is 9. The van der Waals surface area contributed by atoms with Gasteiger partial charge >= 0.3 is 5.97 Å². The van der Waals surface area contributed by atoms with Crippen molar-refractivity contribution in [3.63, 3.8) is 0 Å². The second-order valence-corrected chi connectivity index (χ2v) is 9.04. The van der Waals surface area contributed by atoms with E-state index in [9.17, 15) is 9.59 Å². The Kier molecular flexibility index (Phi) is 6.39. The maximum Gasteiger partial charge on any atom is 0.338 e. The third-order valence-corrected chi connectivity index (χ3v) is 7.13. The van der Waals surface area contributed by atoms with E-state index in [4.69, 9.17) is 18.9 Å². The van der Waals surface area contributed by atoms with Crippen LogP contribution in [0.25, 0.3) is 6.08 Å². The highest BCUT2D eigenvalue weighted by Gasteiger charge is 2.33. The second-order valence-electron chi connectivity index (χ2n) is 7.05. The van der Waals surface area contributed by atoms with Gasteiger partial charge in [0.05, 0.1) is 44.2 Å². The molecule has 2 aromatic heterocycles. The monoisotopic (exact) mass is 486 g/mol. The zero-order valence-electron chi connectivity index (χ0n) is 18.7. The summed E-state index contributed by atoms with van der Waals surface area (Å²) >= 11 is 2.72. The fourth-order valence-electron chi connectivity index (χ4n) is 3.74. The van der Waals surface area contributed by atoms with Gasteiger partial charge in [0.15, 0.2) is 16.3 Å². The predicted octanol–water partition coefficient (Wildman–Crippen LogP) is 2.50. The Labute approximate surface area is 197 Å². The van der Waals surface area contributed by atoms with Crippen molar-refractivity contribution in [2.75, 3.05) is 28.4 Å². The molecule has 3 aromatic rings. The number of benzene rings is 1. The molecule has 4 rings (SSSR count). The lowest BCUT2D eigenvalue weighted by Crippen LogP contribution is -2.39. The molecule has 10 heteroatoms. The molecule has 0 spiro atoms. The van der Waals surface area contributed by atoms with Crippen molar-refractivity contribution in [3.8, 4) is 17.2 Å². The van der Waals surface area contributed by atoms with Gasteiger partial charge in [0, 0.05) is 4.88 Å². The van der Waals surface area contributed by atoms with Crippen LogP contribution in [0.1, 0.15) is 23.4 Å². The van der Waals surface area contributed by atoms with Gasteiger partial charge in [-0.3, -0.25) is 9.36 Å². The van der Waals surface area contributed by atoms with E-state index in [1.807, 2.05) is 17.5 Å². The Morgan fingerprint density at radius 3 is 2.36 bits per heavy atom. The molecule has 0 saturated heterocycles. The fraction of sp³-hybridized carbons (Fsp3) is 0.261. The van der Waals surface area contributed by atoms with Crippen molar-refractivity contribution in [1.29, 1.82) is 0 Å². The first-order valence-electron chi connectivity index (χ1n) is 9.87. The van der Waals surface area contributed by atoms with Crippen LogP contribution in [0.15, 0.2) is 50.7 Å². The lowest BCUT2D eigenvalue weighted by Gasteiger charge is -2.22. The fourth-order valence-corrected chi connectivity index (χ4v) is 5.61. The summed E-state index contributed by atoms with van der Waals surface area (Å²) in [5.41, 5.74) is 1.33. The molecule has 0 amide bonds. The van der Waals surface area contributed by atoms with Gasteiger partial charge in [-0.1, -0.05) is 17.4 Å². The highest BCUT2D eigenvalue weighted by molar-refractivity contribution is 7.10. The lowest BCUT2D eigenvalue weighted by molar-refractivity contribution is -0.136. The van der Waals surface area contributed by atoms with Crippen LogP contribution in [0.2, 0.25) is 0 Å². The molecule has 0 bridgehead atoms. The third-order valence-electron chi connectivity index (χ3n) is 5.22. The van der Waals surface area contributed by atoms with E-state index in [1.54, 1.807) is 29.7 Å². The van der Waals surface area contributed by atoms with E-state index in [2.05, 4.69) is 4.99 Å². The van der Waals surface area contributed by atoms with Gasteiger partial charge in [-0.15, -0.1) is 11.3 Å². The molecule has 0 N–H and O–H groups in total. The number of aromatic nitrogens is 1. The Hall–Kier alpha value is -3.37. The highest BCUT2D eigenvalue weighted by atomic mass is 32.1. The van der Waals surface area contributed by atoms with Crippen LogP contribution in [0.3, 0.4) is 0 Å². The summed E-state index contributed by atoms with van der Waals surface area (Å²) in [6, 6.07) is 6.71. The van der Waals surface area contributed by atoms with E-state index in [-0.39, 0.29) is 5.56 Å². The average molecular weight is 487 g/mol. The standard InChI is InChI=1S/C23H22N2O6S2/c1-12-18(22(27)31-5)19(16-7-6-8-32-16)25-21(26)17(33-23(25)24-12)11-13-9-14(28-2)20(30-4)15(10-13)29-3/h6-11,19H,1-5H3/b17-11+/t19-/m1/s1. The zero-order valence-corrected chi connectivity index (χ0v) is 20.3. The van der Waals surface area contributed by atoms with Gasteiger partial charge < -0.3 is 18.9 Å². The minimum absolute atomic E-state index is 0.250. The summed E-state index contributed by atoms with van der Waals surface area (Å²) in [6.45, 7) is 1.75. The van der Waals surface area contributed by atoms with Crippen LogP contribution in [0.4, 0.5) is 0 Å². The molecule has 1 aliphatic heterocycles. The number of fused-ring (bicyclic) bond motifs is 1. The molecule has 3 heterocycles. The highest BCUT2D eigenvalue weighted by Crippen LogP contribution is 2.38. The van der Waals surface area contributed by atoms with E-state index in [0.29, 0.717) is 43.4 Å². The summed E-state index contributed by atoms with van der Waals surface area (Å²) in [5.74, 6) is 0.926. The number of hydrogen-bond donors (Lipinski definition) is 0. The number of rotatable bonds is 6. The first kappa shape index (κ1) is 22.8. The Bertz CT molecular complexity index is 1390. The maximum absolute atomic E-state index is 13.5. The summed E-state index contributed by atoms with van der Waals surface area (Å²) in [4.78, 5) is 32.1. The van der Waals surface area contributed by atoms with Gasteiger partial charge in [-0.25, -0.2) is 9.79 Å². The number of thiazole rings is 1. The van der Waals surface area contributed by atoms with Gasteiger partial charge in [-0.2, -0.15) is 0 Å².